The lowest BCUT2D eigenvalue weighted by Gasteiger charge is -2.41. The van der Waals surface area contributed by atoms with Crippen molar-refractivity contribution in [2.45, 2.75) is 75.5 Å². The van der Waals surface area contributed by atoms with Gasteiger partial charge in [-0.25, -0.2) is 0 Å². The molecule has 27 heavy (non-hydrogen) atoms. The van der Waals surface area contributed by atoms with Crippen LogP contribution in [0.5, 0.6) is 5.75 Å². The second kappa shape index (κ2) is 8.93. The summed E-state index contributed by atoms with van der Waals surface area (Å²) in [5, 5.41) is 0. The largest absolute Gasteiger partial charge is 0.496 e. The zero-order valence-electron chi connectivity index (χ0n) is 16.8. The minimum atomic E-state index is 0.280. The quantitative estimate of drug-likeness (QED) is 0.787. The molecule has 0 aromatic heterocycles. The molecule has 4 nitrogen and oxygen atoms in total. The van der Waals surface area contributed by atoms with E-state index >= 15 is 0 Å². The number of hydrogen-bond donors (Lipinski definition) is 1. The number of para-hydroxylation sites is 1. The predicted octanol–water partition coefficient (Wildman–Crippen LogP) is 3.94. The van der Waals surface area contributed by atoms with Crippen LogP contribution in [0.25, 0.3) is 0 Å². The van der Waals surface area contributed by atoms with Crippen molar-refractivity contribution in [3.8, 4) is 5.75 Å². The van der Waals surface area contributed by atoms with Crippen LogP contribution in [0.1, 0.15) is 62.8 Å². The van der Waals surface area contributed by atoms with Gasteiger partial charge in [0, 0.05) is 18.6 Å². The molecule has 0 radical (unpaired) electrons. The molecule has 1 aliphatic heterocycles. The van der Waals surface area contributed by atoms with Crippen molar-refractivity contribution in [1.29, 1.82) is 0 Å². The van der Waals surface area contributed by atoms with Gasteiger partial charge in [-0.05, 0) is 81.4 Å². The fourth-order valence-corrected chi connectivity index (χ4v) is 5.03. The molecule has 2 saturated carbocycles. The molecule has 4 heteroatoms. The van der Waals surface area contributed by atoms with Gasteiger partial charge >= 0.3 is 0 Å². The van der Waals surface area contributed by atoms with Gasteiger partial charge in [-0.15, -0.1) is 0 Å². The number of nitrogens with zero attached hydrogens (tertiary/aromatic N) is 1. The summed E-state index contributed by atoms with van der Waals surface area (Å²) in [6.45, 7) is 3.26. The van der Waals surface area contributed by atoms with Crippen molar-refractivity contribution in [2.75, 3.05) is 26.8 Å². The molecular weight excluding hydrogens is 336 g/mol. The van der Waals surface area contributed by atoms with E-state index in [2.05, 4.69) is 29.2 Å². The maximum absolute atomic E-state index is 6.48. The van der Waals surface area contributed by atoms with E-state index in [4.69, 9.17) is 15.2 Å². The van der Waals surface area contributed by atoms with Gasteiger partial charge in [0.15, 0.2) is 0 Å². The molecule has 150 valence electrons. The Bertz CT molecular complexity index is 596. The summed E-state index contributed by atoms with van der Waals surface area (Å²) in [5.41, 5.74) is 7.84. The van der Waals surface area contributed by atoms with Crippen LogP contribution in [0.4, 0.5) is 0 Å². The Kier molecular flexibility index (Phi) is 6.36. The third kappa shape index (κ3) is 4.85. The molecule has 4 rings (SSSR count). The molecule has 0 bridgehead atoms. The van der Waals surface area contributed by atoms with Crippen molar-refractivity contribution in [3.63, 3.8) is 0 Å². The van der Waals surface area contributed by atoms with E-state index in [0.717, 1.165) is 37.5 Å². The Hall–Kier alpha value is -1.10. The molecule has 0 spiro atoms. The van der Waals surface area contributed by atoms with Crippen LogP contribution in [0.3, 0.4) is 0 Å². The summed E-state index contributed by atoms with van der Waals surface area (Å²) >= 11 is 0. The van der Waals surface area contributed by atoms with Gasteiger partial charge in [0.05, 0.1) is 19.8 Å². The predicted molar refractivity (Wildman–Crippen MR) is 109 cm³/mol. The normalized spacial score (nSPS) is 32.4. The van der Waals surface area contributed by atoms with Crippen LogP contribution in [-0.4, -0.2) is 49.9 Å². The van der Waals surface area contributed by atoms with Crippen molar-refractivity contribution in [1.82, 2.24) is 4.90 Å². The highest BCUT2D eigenvalue weighted by molar-refractivity contribution is 5.36. The lowest BCUT2D eigenvalue weighted by Crippen LogP contribution is -2.55. The zero-order chi connectivity index (χ0) is 18.6. The molecule has 3 fully saturated rings. The summed E-state index contributed by atoms with van der Waals surface area (Å²) in [6, 6.07) is 9.18. The lowest BCUT2D eigenvalue weighted by atomic mass is 9.82. The Morgan fingerprint density at radius 3 is 2.56 bits per heavy atom. The molecule has 2 N–H and O–H groups in total. The summed E-state index contributed by atoms with van der Waals surface area (Å²) in [5.74, 6) is 2.56. The second-order valence-corrected chi connectivity index (χ2v) is 8.86. The minimum Gasteiger partial charge on any atom is -0.496 e. The van der Waals surface area contributed by atoms with Crippen LogP contribution >= 0.6 is 0 Å². The van der Waals surface area contributed by atoms with Gasteiger partial charge < -0.3 is 15.2 Å². The van der Waals surface area contributed by atoms with E-state index in [1.54, 1.807) is 7.11 Å². The topological polar surface area (TPSA) is 47.7 Å². The Morgan fingerprint density at radius 2 is 1.81 bits per heavy atom. The minimum absolute atomic E-state index is 0.280. The fraction of sp³-hybridized carbons (Fsp3) is 0.739. The number of ether oxygens (including phenoxy) is 2. The van der Waals surface area contributed by atoms with Gasteiger partial charge in [-0.1, -0.05) is 18.2 Å². The third-order valence-corrected chi connectivity index (χ3v) is 6.89. The smallest absolute Gasteiger partial charge is 0.122 e. The van der Waals surface area contributed by atoms with Crippen LogP contribution in [0.15, 0.2) is 24.3 Å². The van der Waals surface area contributed by atoms with E-state index in [0.29, 0.717) is 18.1 Å². The van der Waals surface area contributed by atoms with E-state index in [9.17, 15) is 0 Å². The molecule has 1 aromatic carbocycles. The number of methoxy groups -OCH3 is 1. The van der Waals surface area contributed by atoms with Crippen molar-refractivity contribution in [3.05, 3.63) is 29.8 Å². The Balaban J connectivity index is 1.27. The Labute approximate surface area is 164 Å². The van der Waals surface area contributed by atoms with Crippen LogP contribution in [-0.2, 0) is 4.74 Å². The number of hydrogen-bond acceptors (Lipinski definition) is 4. The summed E-state index contributed by atoms with van der Waals surface area (Å²) in [7, 11) is 1.77. The molecule has 3 aliphatic rings. The maximum atomic E-state index is 6.48. The monoisotopic (exact) mass is 372 g/mol. The van der Waals surface area contributed by atoms with Gasteiger partial charge in [0.2, 0.25) is 0 Å². The standard InChI is InChI=1S/C23H36N2O2/c1-26-23-7-3-2-5-20(23)18-10-12-19(13-11-18)27-16-22-21(24)6-4-14-25(22)15-17-8-9-17/h2-3,5,7,17-19,21-22H,4,6,8-16,24H2,1H3/t18?,19?,21?,22-/m0/s1. The van der Waals surface area contributed by atoms with Gasteiger partial charge in [0.1, 0.15) is 5.75 Å². The van der Waals surface area contributed by atoms with E-state index < -0.39 is 0 Å². The van der Waals surface area contributed by atoms with Gasteiger partial charge in [-0.2, -0.15) is 0 Å². The molecule has 1 unspecified atom stereocenters. The summed E-state index contributed by atoms with van der Waals surface area (Å²) in [4.78, 5) is 2.63. The van der Waals surface area contributed by atoms with E-state index in [1.165, 1.54) is 50.8 Å². The number of likely N-dealkylation sites (tertiary alicyclic amines) is 1. The van der Waals surface area contributed by atoms with Crippen molar-refractivity contribution in [2.24, 2.45) is 11.7 Å². The first-order valence-electron chi connectivity index (χ1n) is 11.0. The molecular formula is C23H36N2O2. The molecule has 0 amide bonds. The molecule has 1 aromatic rings. The van der Waals surface area contributed by atoms with Crippen LogP contribution in [0.2, 0.25) is 0 Å². The molecule has 1 heterocycles. The number of piperidine rings is 1. The zero-order valence-corrected chi connectivity index (χ0v) is 16.8. The van der Waals surface area contributed by atoms with Crippen LogP contribution in [0, 0.1) is 5.92 Å². The maximum Gasteiger partial charge on any atom is 0.122 e. The molecule has 1 saturated heterocycles. The summed E-state index contributed by atoms with van der Waals surface area (Å²) in [6.07, 6.45) is 10.3. The Morgan fingerprint density at radius 1 is 1.04 bits per heavy atom. The number of benzene rings is 1. The highest BCUT2D eigenvalue weighted by Crippen LogP contribution is 2.38. The first-order chi connectivity index (χ1) is 13.2. The van der Waals surface area contributed by atoms with E-state index in [1.807, 2.05) is 0 Å². The van der Waals surface area contributed by atoms with Crippen molar-refractivity contribution >= 4 is 0 Å². The summed E-state index contributed by atoms with van der Waals surface area (Å²) < 4.78 is 12.0. The van der Waals surface area contributed by atoms with Crippen molar-refractivity contribution < 1.29 is 9.47 Å². The first kappa shape index (κ1) is 19.2. The third-order valence-electron chi connectivity index (χ3n) is 6.89. The highest BCUT2D eigenvalue weighted by Gasteiger charge is 2.34. The highest BCUT2D eigenvalue weighted by atomic mass is 16.5. The van der Waals surface area contributed by atoms with E-state index in [-0.39, 0.29) is 6.04 Å². The average Bonchev–Trinajstić information content (AvgIpc) is 3.52. The molecule has 2 atom stereocenters. The fourth-order valence-electron chi connectivity index (χ4n) is 5.03. The lowest BCUT2D eigenvalue weighted by molar-refractivity contribution is -0.0267. The SMILES string of the molecule is COc1ccccc1C1CCC(OC[C@H]2C(N)CCCN2CC2CC2)CC1. The number of nitrogens with two attached hydrogens (primary N) is 1. The molecule has 2 aliphatic carbocycles. The average molecular weight is 373 g/mol. The van der Waals surface area contributed by atoms with Gasteiger partial charge in [0.25, 0.3) is 0 Å². The first-order valence-corrected chi connectivity index (χ1v) is 11.0. The van der Waals surface area contributed by atoms with Crippen LogP contribution < -0.4 is 10.5 Å². The second-order valence-electron chi connectivity index (χ2n) is 8.86. The number of rotatable bonds is 7. The van der Waals surface area contributed by atoms with Gasteiger partial charge in [-0.3, -0.25) is 4.90 Å².